The molecule has 0 saturated carbocycles. The number of halogens is 1. The maximum absolute atomic E-state index is 13.1. The molecule has 0 aliphatic heterocycles. The van der Waals surface area contributed by atoms with Gasteiger partial charge in [0.2, 0.25) is 5.91 Å². The van der Waals surface area contributed by atoms with Gasteiger partial charge in [-0.3, -0.25) is 9.59 Å². The number of carbonyl (C=O) groups is 2. The average Bonchev–Trinajstić information content (AvgIpc) is 2.27. The van der Waals surface area contributed by atoms with Gasteiger partial charge in [0.1, 0.15) is 11.6 Å². The molecule has 0 aromatic heterocycles. The highest BCUT2D eigenvalue weighted by Gasteiger charge is 2.10. The van der Waals surface area contributed by atoms with Gasteiger partial charge in [-0.05, 0) is 32.9 Å². The summed E-state index contributed by atoms with van der Waals surface area (Å²) in [6.07, 6.45) is 0.159. The van der Waals surface area contributed by atoms with E-state index in [1.54, 1.807) is 0 Å². The number of hydrogen-bond acceptors (Lipinski definition) is 3. The van der Waals surface area contributed by atoms with E-state index in [1.807, 2.05) is 13.8 Å². The summed E-state index contributed by atoms with van der Waals surface area (Å²) in [5.74, 6) is -0.658. The zero-order valence-corrected chi connectivity index (χ0v) is 11.3. The predicted molar refractivity (Wildman–Crippen MR) is 69.8 cm³/mol. The fraction of sp³-hybridized carbons (Fsp3) is 0.429. The molecule has 1 rings (SSSR count). The molecule has 0 unspecified atom stereocenters. The molecule has 0 heterocycles. The van der Waals surface area contributed by atoms with Gasteiger partial charge in [0.05, 0.1) is 18.6 Å². The average molecular weight is 267 g/mol. The Hall–Kier alpha value is -1.91. The molecule has 0 fully saturated rings. The molecule has 0 aliphatic carbocycles. The molecule has 4 nitrogen and oxygen atoms in total. The van der Waals surface area contributed by atoms with Crippen molar-refractivity contribution >= 4 is 11.7 Å². The SMILES string of the molecule is CC(=O)c1ccc(F)cc1OCCC(=O)NC(C)C. The van der Waals surface area contributed by atoms with Gasteiger partial charge in [-0.2, -0.15) is 0 Å². The van der Waals surface area contributed by atoms with E-state index in [9.17, 15) is 14.0 Å². The lowest BCUT2D eigenvalue weighted by atomic mass is 10.1. The first-order valence-corrected chi connectivity index (χ1v) is 6.12. The summed E-state index contributed by atoms with van der Waals surface area (Å²) in [5.41, 5.74) is 0.311. The van der Waals surface area contributed by atoms with Gasteiger partial charge in [0, 0.05) is 12.1 Å². The fourth-order valence-corrected chi connectivity index (χ4v) is 1.55. The van der Waals surface area contributed by atoms with Crippen molar-refractivity contribution in [1.82, 2.24) is 5.32 Å². The van der Waals surface area contributed by atoms with Crippen LogP contribution in [-0.4, -0.2) is 24.3 Å². The van der Waals surface area contributed by atoms with Crippen molar-refractivity contribution < 1.29 is 18.7 Å². The van der Waals surface area contributed by atoms with Gasteiger partial charge in [0.15, 0.2) is 5.78 Å². The molecular formula is C14H18FNO3. The quantitative estimate of drug-likeness (QED) is 0.805. The van der Waals surface area contributed by atoms with Crippen molar-refractivity contribution in [2.45, 2.75) is 33.2 Å². The highest BCUT2D eigenvalue weighted by Crippen LogP contribution is 2.20. The lowest BCUT2D eigenvalue weighted by molar-refractivity contribution is -0.122. The lowest BCUT2D eigenvalue weighted by Crippen LogP contribution is -2.31. The number of rotatable bonds is 6. The van der Waals surface area contributed by atoms with E-state index >= 15 is 0 Å². The Morgan fingerprint density at radius 3 is 2.63 bits per heavy atom. The number of nitrogens with one attached hydrogen (secondary N) is 1. The van der Waals surface area contributed by atoms with Crippen molar-refractivity contribution in [3.05, 3.63) is 29.6 Å². The maximum atomic E-state index is 13.1. The van der Waals surface area contributed by atoms with Crippen molar-refractivity contribution in [2.75, 3.05) is 6.61 Å². The topological polar surface area (TPSA) is 55.4 Å². The summed E-state index contributed by atoms with van der Waals surface area (Å²) >= 11 is 0. The Bertz CT molecular complexity index is 472. The molecule has 1 amide bonds. The first-order chi connectivity index (χ1) is 8.90. The summed E-state index contributed by atoms with van der Waals surface area (Å²) in [4.78, 5) is 22.7. The molecule has 5 heteroatoms. The normalized spacial score (nSPS) is 10.4. The van der Waals surface area contributed by atoms with E-state index in [0.717, 1.165) is 6.07 Å². The summed E-state index contributed by atoms with van der Waals surface area (Å²) in [6.45, 7) is 5.20. The highest BCUT2D eigenvalue weighted by molar-refractivity contribution is 5.96. The van der Waals surface area contributed by atoms with Crippen LogP contribution in [0.3, 0.4) is 0 Å². The van der Waals surface area contributed by atoms with E-state index in [-0.39, 0.29) is 36.5 Å². The molecule has 0 saturated heterocycles. The maximum Gasteiger partial charge on any atom is 0.223 e. The second-order valence-corrected chi connectivity index (χ2v) is 4.52. The smallest absolute Gasteiger partial charge is 0.223 e. The van der Waals surface area contributed by atoms with Gasteiger partial charge < -0.3 is 10.1 Å². The minimum atomic E-state index is -0.480. The van der Waals surface area contributed by atoms with Crippen LogP contribution in [0.4, 0.5) is 4.39 Å². The number of benzene rings is 1. The molecular weight excluding hydrogens is 249 g/mol. The van der Waals surface area contributed by atoms with Crippen LogP contribution in [0.15, 0.2) is 18.2 Å². The second kappa shape index (κ2) is 6.87. The molecule has 0 radical (unpaired) electrons. The molecule has 1 aromatic carbocycles. The minimum absolute atomic E-state index is 0.0643. The standard InChI is InChI=1S/C14H18FNO3/c1-9(2)16-14(18)6-7-19-13-8-11(15)4-5-12(13)10(3)17/h4-5,8-9H,6-7H2,1-3H3,(H,16,18). The Balaban J connectivity index is 2.60. The third kappa shape index (κ3) is 5.07. The number of hydrogen-bond donors (Lipinski definition) is 1. The van der Waals surface area contributed by atoms with Crippen molar-refractivity contribution in [3.8, 4) is 5.75 Å². The van der Waals surface area contributed by atoms with Gasteiger partial charge >= 0.3 is 0 Å². The third-order valence-electron chi connectivity index (χ3n) is 2.36. The molecule has 19 heavy (non-hydrogen) atoms. The Kier molecular flexibility index (Phi) is 5.48. The molecule has 0 atom stereocenters. The summed E-state index contributed by atoms with van der Waals surface area (Å²) in [5, 5.41) is 2.72. The monoisotopic (exact) mass is 267 g/mol. The molecule has 0 spiro atoms. The van der Waals surface area contributed by atoms with Gasteiger partial charge in [-0.15, -0.1) is 0 Å². The predicted octanol–water partition coefficient (Wildman–Crippen LogP) is 2.32. The molecule has 1 aromatic rings. The largest absolute Gasteiger partial charge is 0.492 e. The van der Waals surface area contributed by atoms with Crippen molar-refractivity contribution in [2.24, 2.45) is 0 Å². The van der Waals surface area contributed by atoms with Crippen LogP contribution >= 0.6 is 0 Å². The number of ether oxygens (including phenoxy) is 1. The van der Waals surface area contributed by atoms with E-state index in [0.29, 0.717) is 5.56 Å². The van der Waals surface area contributed by atoms with Crippen LogP contribution in [0.25, 0.3) is 0 Å². The highest BCUT2D eigenvalue weighted by atomic mass is 19.1. The zero-order chi connectivity index (χ0) is 14.4. The third-order valence-corrected chi connectivity index (χ3v) is 2.36. The van der Waals surface area contributed by atoms with Crippen LogP contribution in [0, 0.1) is 5.82 Å². The summed E-state index contributed by atoms with van der Waals surface area (Å²) in [6, 6.07) is 3.79. The Morgan fingerprint density at radius 1 is 1.37 bits per heavy atom. The second-order valence-electron chi connectivity index (χ2n) is 4.52. The Morgan fingerprint density at radius 2 is 2.05 bits per heavy atom. The zero-order valence-electron chi connectivity index (χ0n) is 11.3. The van der Waals surface area contributed by atoms with Gasteiger partial charge in [0.25, 0.3) is 0 Å². The molecule has 0 bridgehead atoms. The van der Waals surface area contributed by atoms with Gasteiger partial charge in [-0.25, -0.2) is 4.39 Å². The van der Waals surface area contributed by atoms with Gasteiger partial charge in [-0.1, -0.05) is 0 Å². The van der Waals surface area contributed by atoms with Crippen LogP contribution < -0.4 is 10.1 Å². The molecule has 104 valence electrons. The number of ketones is 1. The molecule has 1 N–H and O–H groups in total. The number of Topliss-reactive ketones (excluding diaryl/α,β-unsaturated/α-hetero) is 1. The van der Waals surface area contributed by atoms with E-state index in [4.69, 9.17) is 4.74 Å². The fourth-order valence-electron chi connectivity index (χ4n) is 1.55. The molecule has 0 aliphatic rings. The van der Waals surface area contributed by atoms with E-state index in [1.165, 1.54) is 19.1 Å². The summed E-state index contributed by atoms with van der Waals surface area (Å²) in [7, 11) is 0. The number of carbonyl (C=O) groups excluding carboxylic acids is 2. The first kappa shape index (κ1) is 15.1. The summed E-state index contributed by atoms with van der Waals surface area (Å²) < 4.78 is 18.4. The first-order valence-electron chi connectivity index (χ1n) is 6.12. The van der Waals surface area contributed by atoms with Crippen LogP contribution in [0.1, 0.15) is 37.6 Å². The van der Waals surface area contributed by atoms with Crippen LogP contribution in [0.5, 0.6) is 5.75 Å². The van der Waals surface area contributed by atoms with Crippen LogP contribution in [0.2, 0.25) is 0 Å². The van der Waals surface area contributed by atoms with Crippen LogP contribution in [-0.2, 0) is 4.79 Å². The van der Waals surface area contributed by atoms with E-state index in [2.05, 4.69) is 5.32 Å². The van der Waals surface area contributed by atoms with Crippen molar-refractivity contribution in [1.29, 1.82) is 0 Å². The minimum Gasteiger partial charge on any atom is -0.492 e. The van der Waals surface area contributed by atoms with Crippen molar-refractivity contribution in [3.63, 3.8) is 0 Å². The Labute approximate surface area is 112 Å². The number of amides is 1. The van der Waals surface area contributed by atoms with E-state index < -0.39 is 5.82 Å². The lowest BCUT2D eigenvalue weighted by Gasteiger charge is -2.11.